The number of rotatable bonds is 3. The SMILES string of the molecule is CCOC(=O)c1nc(-c2cc(C)cc(F)c2)n[nH]1. The van der Waals surface area contributed by atoms with Crippen molar-refractivity contribution in [2.75, 3.05) is 6.61 Å². The molecule has 0 spiro atoms. The van der Waals surface area contributed by atoms with Crippen molar-refractivity contribution in [3.05, 3.63) is 35.4 Å². The number of benzene rings is 1. The van der Waals surface area contributed by atoms with Gasteiger partial charge in [-0.05, 0) is 37.6 Å². The molecule has 0 bridgehead atoms. The van der Waals surface area contributed by atoms with Gasteiger partial charge in [0.05, 0.1) is 6.61 Å². The molecule has 2 aromatic rings. The molecule has 1 aromatic carbocycles. The normalized spacial score (nSPS) is 10.4. The number of aryl methyl sites for hydroxylation is 1. The van der Waals surface area contributed by atoms with Crippen LogP contribution in [0.1, 0.15) is 23.1 Å². The molecule has 0 saturated heterocycles. The highest BCUT2D eigenvalue weighted by molar-refractivity contribution is 5.85. The minimum atomic E-state index is -0.579. The molecular formula is C12H12FN3O2. The second kappa shape index (κ2) is 4.95. The van der Waals surface area contributed by atoms with E-state index in [9.17, 15) is 9.18 Å². The van der Waals surface area contributed by atoms with E-state index in [-0.39, 0.29) is 24.1 Å². The van der Waals surface area contributed by atoms with Gasteiger partial charge >= 0.3 is 5.97 Å². The molecule has 0 aliphatic carbocycles. The molecule has 0 amide bonds. The summed E-state index contributed by atoms with van der Waals surface area (Å²) in [5.74, 6) is -0.675. The summed E-state index contributed by atoms with van der Waals surface area (Å²) in [4.78, 5) is 15.4. The zero-order chi connectivity index (χ0) is 13.1. The van der Waals surface area contributed by atoms with Crippen LogP contribution in [0, 0.1) is 12.7 Å². The number of carbonyl (C=O) groups is 1. The third-order valence-electron chi connectivity index (χ3n) is 2.25. The maximum Gasteiger partial charge on any atom is 0.375 e. The first kappa shape index (κ1) is 12.2. The summed E-state index contributed by atoms with van der Waals surface area (Å²) in [6.45, 7) is 3.73. The molecule has 0 saturated carbocycles. The van der Waals surface area contributed by atoms with Gasteiger partial charge in [0.25, 0.3) is 0 Å². The number of nitrogens with zero attached hydrogens (tertiary/aromatic N) is 2. The third-order valence-corrected chi connectivity index (χ3v) is 2.25. The van der Waals surface area contributed by atoms with E-state index in [4.69, 9.17) is 4.74 Å². The summed E-state index contributed by atoms with van der Waals surface area (Å²) in [6.07, 6.45) is 0. The first-order valence-electron chi connectivity index (χ1n) is 5.47. The number of aromatic amines is 1. The molecular weight excluding hydrogens is 237 g/mol. The first-order chi connectivity index (χ1) is 8.60. The average molecular weight is 249 g/mol. The van der Waals surface area contributed by atoms with Crippen molar-refractivity contribution in [2.24, 2.45) is 0 Å². The maximum absolute atomic E-state index is 13.2. The van der Waals surface area contributed by atoms with Crippen molar-refractivity contribution >= 4 is 5.97 Å². The average Bonchev–Trinajstić information content (AvgIpc) is 2.77. The minimum Gasteiger partial charge on any atom is -0.460 e. The maximum atomic E-state index is 13.2. The summed E-state index contributed by atoms with van der Waals surface area (Å²) in [7, 11) is 0. The molecule has 2 rings (SSSR count). The Morgan fingerprint density at radius 1 is 1.44 bits per heavy atom. The van der Waals surface area contributed by atoms with E-state index >= 15 is 0 Å². The Morgan fingerprint density at radius 3 is 2.89 bits per heavy atom. The van der Waals surface area contributed by atoms with Crippen LogP contribution in [0.5, 0.6) is 0 Å². The Balaban J connectivity index is 2.32. The van der Waals surface area contributed by atoms with E-state index < -0.39 is 5.97 Å². The Labute approximate surface area is 103 Å². The highest BCUT2D eigenvalue weighted by Gasteiger charge is 2.14. The van der Waals surface area contributed by atoms with E-state index in [0.717, 1.165) is 5.56 Å². The molecule has 0 aliphatic heterocycles. The van der Waals surface area contributed by atoms with Crippen LogP contribution in [-0.4, -0.2) is 27.8 Å². The second-order valence-corrected chi connectivity index (χ2v) is 3.75. The molecule has 1 aromatic heterocycles. The van der Waals surface area contributed by atoms with Crippen molar-refractivity contribution in [3.63, 3.8) is 0 Å². The lowest BCUT2D eigenvalue weighted by Crippen LogP contribution is -2.06. The lowest BCUT2D eigenvalue weighted by atomic mass is 10.1. The van der Waals surface area contributed by atoms with Gasteiger partial charge in [0, 0.05) is 5.56 Å². The number of nitrogens with one attached hydrogen (secondary N) is 1. The molecule has 18 heavy (non-hydrogen) atoms. The van der Waals surface area contributed by atoms with Gasteiger partial charge in [-0.3, -0.25) is 5.10 Å². The van der Waals surface area contributed by atoms with Gasteiger partial charge in [0.15, 0.2) is 5.82 Å². The van der Waals surface area contributed by atoms with Crippen LogP contribution in [0.4, 0.5) is 4.39 Å². The Hall–Kier alpha value is -2.24. The number of hydrogen-bond acceptors (Lipinski definition) is 4. The Bertz CT molecular complexity index is 560. The van der Waals surface area contributed by atoms with Gasteiger partial charge in [0.1, 0.15) is 5.82 Å². The van der Waals surface area contributed by atoms with E-state index in [2.05, 4.69) is 15.2 Å². The van der Waals surface area contributed by atoms with Crippen LogP contribution in [0.25, 0.3) is 11.4 Å². The molecule has 0 fully saturated rings. The Morgan fingerprint density at radius 2 is 2.22 bits per heavy atom. The van der Waals surface area contributed by atoms with Crippen molar-refractivity contribution in [2.45, 2.75) is 13.8 Å². The molecule has 1 N–H and O–H groups in total. The standard InChI is InChI=1S/C12H12FN3O2/c1-3-18-12(17)11-14-10(15-16-11)8-4-7(2)5-9(13)6-8/h4-6H,3H2,1-2H3,(H,14,15,16). The van der Waals surface area contributed by atoms with Crippen molar-refractivity contribution in [1.29, 1.82) is 0 Å². The molecule has 0 atom stereocenters. The smallest absolute Gasteiger partial charge is 0.375 e. The van der Waals surface area contributed by atoms with Gasteiger partial charge in [-0.15, -0.1) is 0 Å². The van der Waals surface area contributed by atoms with Gasteiger partial charge in [-0.25, -0.2) is 14.2 Å². The second-order valence-electron chi connectivity index (χ2n) is 3.75. The van der Waals surface area contributed by atoms with Crippen LogP contribution in [0.2, 0.25) is 0 Å². The van der Waals surface area contributed by atoms with Crippen molar-refractivity contribution in [3.8, 4) is 11.4 Å². The molecule has 6 heteroatoms. The summed E-state index contributed by atoms with van der Waals surface area (Å²) < 4.78 is 18.0. The number of esters is 1. The van der Waals surface area contributed by atoms with Crippen LogP contribution in [0.3, 0.4) is 0 Å². The largest absolute Gasteiger partial charge is 0.460 e. The zero-order valence-electron chi connectivity index (χ0n) is 10.0. The number of H-pyrrole nitrogens is 1. The predicted octanol–water partition coefficient (Wildman–Crippen LogP) is 2.10. The van der Waals surface area contributed by atoms with E-state index in [1.807, 2.05) is 0 Å². The number of aromatic nitrogens is 3. The third kappa shape index (κ3) is 2.53. The molecule has 0 unspecified atom stereocenters. The molecule has 0 radical (unpaired) electrons. The van der Waals surface area contributed by atoms with Crippen molar-refractivity contribution < 1.29 is 13.9 Å². The quantitative estimate of drug-likeness (QED) is 0.846. The fourth-order valence-corrected chi connectivity index (χ4v) is 1.55. The lowest BCUT2D eigenvalue weighted by molar-refractivity contribution is 0.0512. The molecule has 0 aliphatic rings. The van der Waals surface area contributed by atoms with E-state index in [0.29, 0.717) is 5.56 Å². The number of carbonyl (C=O) groups excluding carboxylic acids is 1. The summed E-state index contributed by atoms with van der Waals surface area (Å²) >= 11 is 0. The van der Waals surface area contributed by atoms with Gasteiger partial charge in [-0.2, -0.15) is 5.10 Å². The number of ether oxygens (including phenoxy) is 1. The molecule has 5 nitrogen and oxygen atoms in total. The highest BCUT2D eigenvalue weighted by atomic mass is 19.1. The van der Waals surface area contributed by atoms with Crippen molar-refractivity contribution in [1.82, 2.24) is 15.2 Å². The van der Waals surface area contributed by atoms with Gasteiger partial charge < -0.3 is 4.74 Å². The number of hydrogen-bond donors (Lipinski definition) is 1. The first-order valence-corrected chi connectivity index (χ1v) is 5.47. The minimum absolute atomic E-state index is 0.00812. The van der Waals surface area contributed by atoms with Crippen LogP contribution < -0.4 is 0 Å². The van der Waals surface area contributed by atoms with E-state index in [1.54, 1.807) is 19.9 Å². The fourth-order valence-electron chi connectivity index (χ4n) is 1.55. The van der Waals surface area contributed by atoms with Crippen LogP contribution >= 0.6 is 0 Å². The van der Waals surface area contributed by atoms with Crippen LogP contribution in [0.15, 0.2) is 18.2 Å². The summed E-state index contributed by atoms with van der Waals surface area (Å²) in [6, 6.07) is 4.45. The monoisotopic (exact) mass is 249 g/mol. The lowest BCUT2D eigenvalue weighted by Gasteiger charge is -1.98. The fraction of sp³-hybridized carbons (Fsp3) is 0.250. The van der Waals surface area contributed by atoms with Gasteiger partial charge in [0.2, 0.25) is 5.82 Å². The van der Waals surface area contributed by atoms with Crippen LogP contribution in [-0.2, 0) is 4.74 Å². The summed E-state index contributed by atoms with van der Waals surface area (Å²) in [5, 5.41) is 6.34. The van der Waals surface area contributed by atoms with Gasteiger partial charge in [-0.1, -0.05) is 0 Å². The topological polar surface area (TPSA) is 67.9 Å². The highest BCUT2D eigenvalue weighted by Crippen LogP contribution is 2.18. The summed E-state index contributed by atoms with van der Waals surface area (Å²) in [5.41, 5.74) is 1.27. The Kier molecular flexibility index (Phi) is 3.36. The number of halogens is 1. The van der Waals surface area contributed by atoms with E-state index in [1.165, 1.54) is 12.1 Å². The predicted molar refractivity (Wildman–Crippen MR) is 62.5 cm³/mol. The zero-order valence-corrected chi connectivity index (χ0v) is 10.0. The molecule has 94 valence electrons. The molecule has 1 heterocycles.